The average Bonchev–Trinajstić information content (AvgIpc) is 2.27. The van der Waals surface area contributed by atoms with Gasteiger partial charge in [0.25, 0.3) is 0 Å². The normalized spacial score (nSPS) is 12.3. The van der Waals surface area contributed by atoms with Crippen LogP contribution in [0.4, 0.5) is 11.6 Å². The number of methoxy groups -OCH3 is 1. The summed E-state index contributed by atoms with van der Waals surface area (Å²) in [6.07, 6.45) is 0. The summed E-state index contributed by atoms with van der Waals surface area (Å²) in [5.41, 5.74) is 0. The molecule has 5 heteroatoms. The first-order chi connectivity index (χ1) is 7.58. The van der Waals surface area contributed by atoms with Gasteiger partial charge in [-0.25, -0.2) is 9.97 Å². The lowest BCUT2D eigenvalue weighted by molar-refractivity contribution is 0.183. The lowest BCUT2D eigenvalue weighted by Crippen LogP contribution is -2.33. The highest BCUT2D eigenvalue weighted by Gasteiger charge is 2.12. The third-order valence-corrected chi connectivity index (χ3v) is 2.51. The number of nitrogens with one attached hydrogen (secondary N) is 1. The Balaban J connectivity index is 2.89. The van der Waals surface area contributed by atoms with Crippen molar-refractivity contribution in [3.63, 3.8) is 0 Å². The molecule has 0 amide bonds. The number of aryl methyl sites for hydroxylation is 1. The first-order valence-electron chi connectivity index (χ1n) is 5.33. The molecular formula is C11H20N4O. The maximum Gasteiger partial charge on any atom is 0.134 e. The van der Waals surface area contributed by atoms with E-state index in [4.69, 9.17) is 4.74 Å². The van der Waals surface area contributed by atoms with E-state index >= 15 is 0 Å². The number of hydrogen-bond acceptors (Lipinski definition) is 5. The Labute approximate surface area is 96.8 Å². The standard InChI is InChI=1S/C11H20N4O/c1-8(7-16-5)15(4)11-6-10(12-3)13-9(2)14-11/h6,8H,7H2,1-5H3,(H,12,13,14). The number of aromatic nitrogens is 2. The highest BCUT2D eigenvalue weighted by molar-refractivity contribution is 5.49. The summed E-state index contributed by atoms with van der Waals surface area (Å²) in [6, 6.07) is 2.21. The van der Waals surface area contributed by atoms with Crippen molar-refractivity contribution in [3.05, 3.63) is 11.9 Å². The van der Waals surface area contributed by atoms with Gasteiger partial charge in [-0.3, -0.25) is 0 Å². The molecule has 16 heavy (non-hydrogen) atoms. The zero-order valence-electron chi connectivity index (χ0n) is 10.6. The zero-order valence-corrected chi connectivity index (χ0v) is 10.6. The molecule has 1 N–H and O–H groups in total. The summed E-state index contributed by atoms with van der Waals surface area (Å²) < 4.78 is 5.13. The molecule has 0 saturated heterocycles. The summed E-state index contributed by atoms with van der Waals surface area (Å²) in [4.78, 5) is 10.7. The van der Waals surface area contributed by atoms with Gasteiger partial charge in [0.2, 0.25) is 0 Å². The Hall–Kier alpha value is -1.36. The molecule has 0 aliphatic rings. The molecule has 1 aromatic heterocycles. The van der Waals surface area contributed by atoms with E-state index in [0.717, 1.165) is 17.5 Å². The summed E-state index contributed by atoms with van der Waals surface area (Å²) in [5.74, 6) is 2.50. The molecule has 0 spiro atoms. The Bertz CT molecular complexity index is 343. The lowest BCUT2D eigenvalue weighted by Gasteiger charge is -2.25. The topological polar surface area (TPSA) is 50.3 Å². The molecule has 90 valence electrons. The molecule has 1 unspecified atom stereocenters. The monoisotopic (exact) mass is 224 g/mol. The van der Waals surface area contributed by atoms with E-state index in [1.165, 1.54) is 0 Å². The lowest BCUT2D eigenvalue weighted by atomic mass is 10.3. The van der Waals surface area contributed by atoms with Gasteiger partial charge in [-0.1, -0.05) is 0 Å². The molecule has 1 heterocycles. The van der Waals surface area contributed by atoms with E-state index in [0.29, 0.717) is 6.61 Å². The van der Waals surface area contributed by atoms with Gasteiger partial charge < -0.3 is 15.0 Å². The van der Waals surface area contributed by atoms with Crippen molar-refractivity contribution in [2.45, 2.75) is 19.9 Å². The minimum atomic E-state index is 0.281. The van der Waals surface area contributed by atoms with Gasteiger partial charge in [0.1, 0.15) is 17.5 Å². The van der Waals surface area contributed by atoms with Crippen LogP contribution in [0.15, 0.2) is 6.07 Å². The van der Waals surface area contributed by atoms with Crippen molar-refractivity contribution >= 4 is 11.6 Å². The highest BCUT2D eigenvalue weighted by atomic mass is 16.5. The van der Waals surface area contributed by atoms with E-state index in [1.807, 2.05) is 27.1 Å². The van der Waals surface area contributed by atoms with Crippen molar-refractivity contribution in [2.24, 2.45) is 0 Å². The second-order valence-electron chi connectivity index (χ2n) is 3.82. The van der Waals surface area contributed by atoms with E-state index in [9.17, 15) is 0 Å². The third-order valence-electron chi connectivity index (χ3n) is 2.51. The smallest absolute Gasteiger partial charge is 0.134 e. The number of nitrogens with zero attached hydrogens (tertiary/aromatic N) is 3. The fourth-order valence-corrected chi connectivity index (χ4v) is 1.44. The summed E-state index contributed by atoms with van der Waals surface area (Å²) in [6.45, 7) is 4.66. The van der Waals surface area contributed by atoms with Crippen LogP contribution < -0.4 is 10.2 Å². The van der Waals surface area contributed by atoms with Gasteiger partial charge in [0.05, 0.1) is 12.6 Å². The van der Waals surface area contributed by atoms with Crippen molar-refractivity contribution < 1.29 is 4.74 Å². The molecular weight excluding hydrogens is 204 g/mol. The number of hydrogen-bond donors (Lipinski definition) is 1. The minimum Gasteiger partial charge on any atom is -0.383 e. The molecule has 0 aliphatic carbocycles. The fourth-order valence-electron chi connectivity index (χ4n) is 1.44. The predicted octanol–water partition coefficient (Wildman–Crippen LogP) is 1.30. The van der Waals surface area contributed by atoms with Crippen LogP contribution in [-0.2, 0) is 4.74 Å². The van der Waals surface area contributed by atoms with Crippen molar-refractivity contribution in [1.82, 2.24) is 9.97 Å². The predicted molar refractivity (Wildman–Crippen MR) is 66.1 cm³/mol. The van der Waals surface area contributed by atoms with Gasteiger partial charge in [-0.05, 0) is 13.8 Å². The van der Waals surface area contributed by atoms with Crippen LogP contribution in [0.1, 0.15) is 12.7 Å². The van der Waals surface area contributed by atoms with Crippen LogP contribution in [-0.4, -0.2) is 43.8 Å². The first-order valence-corrected chi connectivity index (χ1v) is 5.33. The molecule has 1 atom stereocenters. The maximum absolute atomic E-state index is 5.13. The van der Waals surface area contributed by atoms with Crippen LogP contribution in [0.5, 0.6) is 0 Å². The third kappa shape index (κ3) is 3.06. The van der Waals surface area contributed by atoms with E-state index in [1.54, 1.807) is 7.11 Å². The van der Waals surface area contributed by atoms with Gasteiger partial charge >= 0.3 is 0 Å². The summed E-state index contributed by atoms with van der Waals surface area (Å²) >= 11 is 0. The Morgan fingerprint density at radius 1 is 1.50 bits per heavy atom. The number of anilines is 2. The SMILES string of the molecule is CNc1cc(N(C)C(C)COC)nc(C)n1. The molecule has 0 aliphatic heterocycles. The second kappa shape index (κ2) is 5.65. The van der Waals surface area contributed by atoms with Crippen molar-refractivity contribution in [2.75, 3.05) is 38.0 Å². The summed E-state index contributed by atoms with van der Waals surface area (Å²) in [5, 5.41) is 3.02. The zero-order chi connectivity index (χ0) is 12.1. The molecule has 5 nitrogen and oxygen atoms in total. The van der Waals surface area contributed by atoms with Crippen LogP contribution in [0.25, 0.3) is 0 Å². The van der Waals surface area contributed by atoms with Gasteiger partial charge in [-0.15, -0.1) is 0 Å². The van der Waals surface area contributed by atoms with E-state index < -0.39 is 0 Å². The number of likely N-dealkylation sites (N-methyl/N-ethyl adjacent to an activating group) is 1. The second-order valence-corrected chi connectivity index (χ2v) is 3.82. The Kier molecular flexibility index (Phi) is 4.49. The van der Waals surface area contributed by atoms with Crippen LogP contribution in [0.2, 0.25) is 0 Å². The van der Waals surface area contributed by atoms with Crippen LogP contribution >= 0.6 is 0 Å². The quantitative estimate of drug-likeness (QED) is 0.817. The summed E-state index contributed by atoms with van der Waals surface area (Å²) in [7, 11) is 5.56. The maximum atomic E-state index is 5.13. The fraction of sp³-hybridized carbons (Fsp3) is 0.636. The average molecular weight is 224 g/mol. The van der Waals surface area contributed by atoms with E-state index in [2.05, 4.69) is 27.1 Å². The first kappa shape index (κ1) is 12.7. The highest BCUT2D eigenvalue weighted by Crippen LogP contribution is 2.16. The molecule has 0 fully saturated rings. The molecule has 0 aromatic carbocycles. The largest absolute Gasteiger partial charge is 0.383 e. The molecule has 0 bridgehead atoms. The minimum absolute atomic E-state index is 0.281. The Morgan fingerprint density at radius 3 is 2.75 bits per heavy atom. The van der Waals surface area contributed by atoms with Gasteiger partial charge in [-0.2, -0.15) is 0 Å². The van der Waals surface area contributed by atoms with Gasteiger partial charge in [0.15, 0.2) is 0 Å². The number of rotatable bonds is 5. The van der Waals surface area contributed by atoms with Crippen LogP contribution in [0, 0.1) is 6.92 Å². The van der Waals surface area contributed by atoms with Gasteiger partial charge in [0, 0.05) is 27.3 Å². The molecule has 0 saturated carbocycles. The Morgan fingerprint density at radius 2 is 2.19 bits per heavy atom. The van der Waals surface area contributed by atoms with Crippen LogP contribution in [0.3, 0.4) is 0 Å². The van der Waals surface area contributed by atoms with E-state index in [-0.39, 0.29) is 6.04 Å². The molecule has 0 radical (unpaired) electrons. The molecule has 1 rings (SSSR count). The van der Waals surface area contributed by atoms with Crippen molar-refractivity contribution in [3.8, 4) is 0 Å². The number of ether oxygens (including phenoxy) is 1. The van der Waals surface area contributed by atoms with Crippen molar-refractivity contribution in [1.29, 1.82) is 0 Å². The molecule has 1 aromatic rings.